The van der Waals surface area contributed by atoms with Crippen LogP contribution >= 0.6 is 11.3 Å². The van der Waals surface area contributed by atoms with Gasteiger partial charge in [-0.1, -0.05) is 26.0 Å². The lowest BCUT2D eigenvalue weighted by molar-refractivity contribution is 0.0954. The highest BCUT2D eigenvalue weighted by Crippen LogP contribution is 2.71. The number of aryl methyl sites for hydroxylation is 1. The van der Waals surface area contributed by atoms with E-state index in [-0.39, 0.29) is 12.5 Å². The van der Waals surface area contributed by atoms with Crippen molar-refractivity contribution in [1.29, 1.82) is 0 Å². The minimum atomic E-state index is -0.499. The molecular formula is C21H24FNO2S. The van der Waals surface area contributed by atoms with Gasteiger partial charge in [0.1, 0.15) is 19.0 Å². The van der Waals surface area contributed by atoms with Gasteiger partial charge in [0.15, 0.2) is 0 Å². The zero-order valence-electron chi connectivity index (χ0n) is 15.4. The fourth-order valence-electron chi connectivity index (χ4n) is 4.44. The topological polar surface area (TPSA) is 38.3 Å². The number of hydrogen-bond donors (Lipinski definition) is 1. The molecule has 2 aromatic rings. The Morgan fingerprint density at radius 2 is 2.08 bits per heavy atom. The van der Waals surface area contributed by atoms with Gasteiger partial charge in [0.05, 0.1) is 4.88 Å². The van der Waals surface area contributed by atoms with Crippen molar-refractivity contribution < 1.29 is 13.9 Å². The summed E-state index contributed by atoms with van der Waals surface area (Å²) >= 11 is 1.64. The molecular weight excluding hydrogens is 349 g/mol. The Morgan fingerprint density at radius 3 is 2.77 bits per heavy atom. The van der Waals surface area contributed by atoms with Gasteiger partial charge in [-0.15, -0.1) is 11.3 Å². The van der Waals surface area contributed by atoms with E-state index < -0.39 is 6.67 Å². The number of benzene rings is 1. The normalized spacial score (nSPS) is 21.8. The van der Waals surface area contributed by atoms with Crippen molar-refractivity contribution in [3.8, 4) is 5.75 Å². The minimum absolute atomic E-state index is 0.0243. The second kappa shape index (κ2) is 6.38. The zero-order valence-corrected chi connectivity index (χ0v) is 16.2. The standard InChI is InChI=1S/C21H24FNO2S/c1-12-17-15(10-16-18(17)21(16,2)3)19(26-12)20(24)23-11-13-4-6-14(7-5-13)25-9-8-22/h4-7,16,18H,8-11H2,1-3H3,(H,23,24)/t16-,18-/m1/s1. The van der Waals surface area contributed by atoms with Gasteiger partial charge < -0.3 is 10.1 Å². The van der Waals surface area contributed by atoms with Gasteiger partial charge in [-0.25, -0.2) is 4.39 Å². The van der Waals surface area contributed by atoms with Gasteiger partial charge in [-0.05, 0) is 59.4 Å². The summed E-state index contributed by atoms with van der Waals surface area (Å²) in [4.78, 5) is 14.9. The van der Waals surface area contributed by atoms with Crippen LogP contribution in [0.15, 0.2) is 24.3 Å². The summed E-state index contributed by atoms with van der Waals surface area (Å²) in [6.45, 7) is 6.87. The maximum Gasteiger partial charge on any atom is 0.261 e. The number of fused-ring (bicyclic) bond motifs is 3. The van der Waals surface area contributed by atoms with Crippen LogP contribution < -0.4 is 10.1 Å². The molecule has 2 atom stereocenters. The third-order valence-corrected chi connectivity index (χ3v) is 7.11. The molecule has 5 heteroatoms. The number of rotatable bonds is 6. The van der Waals surface area contributed by atoms with Gasteiger partial charge in [0.25, 0.3) is 5.91 Å². The fraction of sp³-hybridized carbons (Fsp3) is 0.476. The van der Waals surface area contributed by atoms with E-state index in [0.717, 1.165) is 16.9 Å². The Bertz CT molecular complexity index is 840. The van der Waals surface area contributed by atoms with Crippen molar-refractivity contribution in [2.75, 3.05) is 13.3 Å². The van der Waals surface area contributed by atoms with Crippen molar-refractivity contribution in [3.05, 3.63) is 50.7 Å². The van der Waals surface area contributed by atoms with Gasteiger partial charge in [-0.3, -0.25) is 4.79 Å². The van der Waals surface area contributed by atoms with Gasteiger partial charge >= 0.3 is 0 Å². The van der Waals surface area contributed by atoms with Crippen LogP contribution in [-0.4, -0.2) is 19.2 Å². The molecule has 138 valence electrons. The lowest BCUT2D eigenvalue weighted by atomic mass is 9.95. The zero-order chi connectivity index (χ0) is 18.5. The Balaban J connectivity index is 1.41. The predicted octanol–water partition coefficient (Wildman–Crippen LogP) is 4.63. The van der Waals surface area contributed by atoms with Crippen LogP contribution in [0.1, 0.15) is 51.0 Å². The number of carbonyl (C=O) groups excluding carboxylic acids is 1. The third kappa shape index (κ3) is 2.82. The van der Waals surface area contributed by atoms with E-state index in [2.05, 4.69) is 26.1 Å². The molecule has 0 unspecified atom stereocenters. The molecule has 2 aliphatic rings. The molecule has 0 radical (unpaired) electrons. The number of hydrogen-bond acceptors (Lipinski definition) is 3. The molecule has 1 heterocycles. The number of carbonyl (C=O) groups is 1. The molecule has 4 rings (SSSR count). The summed E-state index contributed by atoms with van der Waals surface area (Å²) in [6.07, 6.45) is 1.04. The van der Waals surface area contributed by atoms with E-state index in [1.54, 1.807) is 23.5 Å². The molecule has 0 saturated heterocycles. The van der Waals surface area contributed by atoms with Gasteiger partial charge in [-0.2, -0.15) is 0 Å². The molecule has 2 aliphatic carbocycles. The molecule has 26 heavy (non-hydrogen) atoms. The predicted molar refractivity (Wildman–Crippen MR) is 102 cm³/mol. The first kappa shape index (κ1) is 17.5. The smallest absolute Gasteiger partial charge is 0.261 e. The summed E-state index contributed by atoms with van der Waals surface area (Å²) in [5.74, 6) is 2.03. The summed E-state index contributed by atoms with van der Waals surface area (Å²) in [7, 11) is 0. The average molecular weight is 373 g/mol. The van der Waals surface area contributed by atoms with Gasteiger partial charge in [0.2, 0.25) is 0 Å². The summed E-state index contributed by atoms with van der Waals surface area (Å²) < 4.78 is 17.4. The Hall–Kier alpha value is -1.88. The quantitative estimate of drug-likeness (QED) is 0.802. The van der Waals surface area contributed by atoms with E-state index in [1.165, 1.54) is 16.0 Å². The second-order valence-electron chi connectivity index (χ2n) is 7.85. The Morgan fingerprint density at radius 1 is 1.35 bits per heavy atom. The van der Waals surface area contributed by atoms with Crippen molar-refractivity contribution in [1.82, 2.24) is 5.32 Å². The maximum absolute atomic E-state index is 12.7. The summed E-state index contributed by atoms with van der Waals surface area (Å²) in [6, 6.07) is 7.41. The van der Waals surface area contributed by atoms with Crippen LogP contribution in [-0.2, 0) is 13.0 Å². The molecule has 1 amide bonds. The average Bonchev–Trinajstić information content (AvgIpc) is 2.97. The molecule has 0 bridgehead atoms. The van der Waals surface area contributed by atoms with Crippen LogP contribution in [0.2, 0.25) is 0 Å². The molecule has 1 N–H and O–H groups in total. The second-order valence-corrected chi connectivity index (χ2v) is 9.08. The molecule has 0 spiro atoms. The van der Waals surface area contributed by atoms with Crippen molar-refractivity contribution in [2.24, 2.45) is 11.3 Å². The number of thiophene rings is 1. The number of nitrogens with one attached hydrogen (secondary N) is 1. The monoisotopic (exact) mass is 373 g/mol. The minimum Gasteiger partial charge on any atom is -0.491 e. The largest absolute Gasteiger partial charge is 0.491 e. The van der Waals surface area contributed by atoms with E-state index >= 15 is 0 Å². The van der Waals surface area contributed by atoms with Crippen LogP contribution in [0.4, 0.5) is 4.39 Å². The van der Waals surface area contributed by atoms with E-state index in [9.17, 15) is 9.18 Å². The van der Waals surface area contributed by atoms with E-state index in [0.29, 0.717) is 29.5 Å². The first-order valence-corrected chi connectivity index (χ1v) is 9.93. The van der Waals surface area contributed by atoms with Gasteiger partial charge in [0, 0.05) is 11.4 Å². The highest BCUT2D eigenvalue weighted by Gasteiger charge is 2.63. The van der Waals surface area contributed by atoms with E-state index in [4.69, 9.17) is 4.74 Å². The van der Waals surface area contributed by atoms with Crippen LogP contribution in [0.25, 0.3) is 0 Å². The van der Waals surface area contributed by atoms with Crippen molar-refractivity contribution in [3.63, 3.8) is 0 Å². The van der Waals surface area contributed by atoms with Crippen LogP contribution in [0.3, 0.4) is 0 Å². The third-order valence-electron chi connectivity index (χ3n) is 5.95. The fourth-order valence-corrected chi connectivity index (χ4v) is 5.59. The van der Waals surface area contributed by atoms with E-state index in [1.807, 2.05) is 12.1 Å². The van der Waals surface area contributed by atoms with Crippen LogP contribution in [0, 0.1) is 18.3 Å². The molecule has 1 aromatic heterocycles. The number of amides is 1. The Labute approximate surface area is 157 Å². The lowest BCUT2D eigenvalue weighted by Gasteiger charge is -2.10. The summed E-state index contributed by atoms with van der Waals surface area (Å²) in [5, 5.41) is 3.04. The van der Waals surface area contributed by atoms with Crippen molar-refractivity contribution in [2.45, 2.75) is 39.7 Å². The molecule has 0 aliphatic heterocycles. The SMILES string of the molecule is Cc1sc(C(=O)NCc2ccc(OCCF)cc2)c2c1[C@H]1[C@@H](C2)C1(C)C. The molecule has 3 nitrogen and oxygen atoms in total. The Kier molecular flexibility index (Phi) is 4.30. The first-order chi connectivity index (χ1) is 12.4. The number of halogens is 1. The number of ether oxygens (including phenoxy) is 1. The molecule has 1 saturated carbocycles. The highest BCUT2D eigenvalue weighted by atomic mass is 32.1. The molecule has 1 fully saturated rings. The lowest BCUT2D eigenvalue weighted by Crippen LogP contribution is -2.23. The first-order valence-electron chi connectivity index (χ1n) is 9.11. The number of alkyl halides is 1. The maximum atomic E-state index is 12.7. The molecule has 1 aromatic carbocycles. The highest BCUT2D eigenvalue weighted by molar-refractivity contribution is 7.14. The summed E-state index contributed by atoms with van der Waals surface area (Å²) in [5.41, 5.74) is 4.14. The van der Waals surface area contributed by atoms with Crippen LogP contribution in [0.5, 0.6) is 5.75 Å². The van der Waals surface area contributed by atoms with Crippen molar-refractivity contribution >= 4 is 17.2 Å².